The van der Waals surface area contributed by atoms with Gasteiger partial charge in [0.15, 0.2) is 0 Å². The highest BCUT2D eigenvalue weighted by molar-refractivity contribution is 6.55. The predicted molar refractivity (Wildman–Crippen MR) is 81.4 cm³/mol. The van der Waals surface area contributed by atoms with Crippen LogP contribution in [0, 0.1) is 10.1 Å². The second kappa shape index (κ2) is 8.61. The number of nitro groups is 1. The van der Waals surface area contributed by atoms with E-state index in [1.165, 1.54) is 12.1 Å². The second-order valence-corrected chi connectivity index (χ2v) is 5.15. The minimum atomic E-state index is -0.441. The molecule has 1 aromatic carbocycles. The van der Waals surface area contributed by atoms with Crippen molar-refractivity contribution in [3.63, 3.8) is 0 Å². The first kappa shape index (κ1) is 16.5. The van der Waals surface area contributed by atoms with E-state index >= 15 is 0 Å². The molecule has 0 atom stereocenters. The molecule has 1 aromatic rings. The lowest BCUT2D eigenvalue weighted by atomic mass is 10.1. The number of halogens is 2. The fraction of sp³-hybridized carbons (Fsp3) is 0.286. The molecule has 0 aliphatic rings. The van der Waals surface area contributed by atoms with Crippen molar-refractivity contribution in [1.82, 2.24) is 0 Å². The average Bonchev–Trinajstić information content (AvgIpc) is 2.39. The lowest BCUT2D eigenvalue weighted by Crippen LogP contribution is -1.95. The summed E-state index contributed by atoms with van der Waals surface area (Å²) in [6.07, 6.45) is 5.34. The van der Waals surface area contributed by atoms with Gasteiger partial charge in [0.25, 0.3) is 5.69 Å². The molecule has 20 heavy (non-hydrogen) atoms. The molecular formula is C14H15Cl2NO3. The molecule has 0 unspecified atom stereocenters. The molecule has 0 fully saturated rings. The maximum Gasteiger partial charge on any atom is 0.269 e. The summed E-state index contributed by atoms with van der Waals surface area (Å²) in [6.45, 7) is 2.41. The zero-order valence-electron chi connectivity index (χ0n) is 11.0. The zero-order valence-corrected chi connectivity index (χ0v) is 12.5. The average molecular weight is 316 g/mol. The van der Waals surface area contributed by atoms with Crippen molar-refractivity contribution >= 4 is 28.9 Å². The van der Waals surface area contributed by atoms with Crippen molar-refractivity contribution in [2.75, 3.05) is 6.61 Å². The first-order valence-electron chi connectivity index (χ1n) is 6.03. The first-order valence-corrected chi connectivity index (χ1v) is 6.78. The monoisotopic (exact) mass is 315 g/mol. The normalized spacial score (nSPS) is 11.1. The molecule has 1 rings (SSSR count). The number of hydrogen-bond donors (Lipinski definition) is 0. The molecule has 0 aromatic heterocycles. The van der Waals surface area contributed by atoms with Gasteiger partial charge < -0.3 is 4.74 Å². The molecule has 6 heteroatoms. The van der Waals surface area contributed by atoms with Crippen LogP contribution in [-0.2, 0) is 0 Å². The minimum absolute atomic E-state index is 0.0498. The Bertz CT molecular complexity index is 506. The second-order valence-electron chi connectivity index (χ2n) is 4.14. The van der Waals surface area contributed by atoms with Crippen LogP contribution in [0.3, 0.4) is 0 Å². The molecule has 0 spiro atoms. The van der Waals surface area contributed by atoms with E-state index in [9.17, 15) is 10.1 Å². The Morgan fingerprint density at radius 2 is 1.95 bits per heavy atom. The molecule has 0 saturated heterocycles. The van der Waals surface area contributed by atoms with Crippen LogP contribution >= 0.6 is 23.2 Å². The van der Waals surface area contributed by atoms with Gasteiger partial charge in [-0.1, -0.05) is 34.9 Å². The molecule has 0 amide bonds. The van der Waals surface area contributed by atoms with E-state index in [0.717, 1.165) is 18.4 Å². The number of rotatable bonds is 7. The molecule has 0 N–H and O–H groups in total. The Labute approximate surface area is 127 Å². The summed E-state index contributed by atoms with van der Waals surface area (Å²) >= 11 is 11.0. The third-order valence-corrected chi connectivity index (χ3v) is 2.88. The maximum atomic E-state index is 10.5. The fourth-order valence-corrected chi connectivity index (χ4v) is 1.67. The molecule has 0 aliphatic heterocycles. The zero-order chi connectivity index (χ0) is 15.0. The minimum Gasteiger partial charge on any atom is -0.490 e. The van der Waals surface area contributed by atoms with E-state index in [-0.39, 0.29) is 10.2 Å². The number of nitro benzene ring substituents is 1. The smallest absolute Gasteiger partial charge is 0.269 e. The Morgan fingerprint density at radius 3 is 2.50 bits per heavy atom. The lowest BCUT2D eigenvalue weighted by Gasteiger charge is -2.04. The Hall–Kier alpha value is -1.52. The Morgan fingerprint density at radius 1 is 1.30 bits per heavy atom. The van der Waals surface area contributed by atoms with Crippen molar-refractivity contribution in [3.05, 3.63) is 56.6 Å². The Balaban J connectivity index is 2.39. The van der Waals surface area contributed by atoms with Crippen molar-refractivity contribution < 1.29 is 9.66 Å². The Kier molecular flexibility index (Phi) is 7.12. The van der Waals surface area contributed by atoms with E-state index in [0.29, 0.717) is 12.4 Å². The van der Waals surface area contributed by atoms with Gasteiger partial charge in [0.2, 0.25) is 0 Å². The number of allylic oxidation sites excluding steroid dienone is 2. The SMILES string of the molecule is C/C(=C\COc1ccc([N+](=O)[O-])cc1)CCC=C(Cl)Cl. The van der Waals surface area contributed by atoms with E-state index in [1.54, 1.807) is 18.2 Å². The summed E-state index contributed by atoms with van der Waals surface area (Å²) in [4.78, 5) is 10.1. The highest BCUT2D eigenvalue weighted by atomic mass is 35.5. The number of non-ortho nitro benzene ring substituents is 1. The number of benzene rings is 1. The number of hydrogen-bond acceptors (Lipinski definition) is 3. The van der Waals surface area contributed by atoms with Crippen LogP contribution in [0.15, 0.2) is 46.5 Å². The fourth-order valence-electron chi connectivity index (χ4n) is 1.46. The number of ether oxygens (including phenoxy) is 1. The largest absolute Gasteiger partial charge is 0.490 e. The molecule has 108 valence electrons. The van der Waals surface area contributed by atoms with E-state index < -0.39 is 4.92 Å². The van der Waals surface area contributed by atoms with Gasteiger partial charge in [0, 0.05) is 12.1 Å². The summed E-state index contributed by atoms with van der Waals surface area (Å²) in [5, 5.41) is 10.5. The summed E-state index contributed by atoms with van der Waals surface area (Å²) in [5.74, 6) is 0.600. The maximum absolute atomic E-state index is 10.5. The van der Waals surface area contributed by atoms with Gasteiger partial charge in [-0.25, -0.2) is 0 Å². The molecule has 0 aliphatic carbocycles. The molecule has 4 nitrogen and oxygen atoms in total. The summed E-state index contributed by atoms with van der Waals surface area (Å²) < 4.78 is 5.75. The van der Waals surface area contributed by atoms with Crippen LogP contribution in [0.1, 0.15) is 19.8 Å². The van der Waals surface area contributed by atoms with E-state index in [4.69, 9.17) is 27.9 Å². The topological polar surface area (TPSA) is 52.4 Å². The first-order chi connectivity index (χ1) is 9.49. The van der Waals surface area contributed by atoms with Crippen molar-refractivity contribution in [2.24, 2.45) is 0 Å². The number of nitrogens with zero attached hydrogens (tertiary/aromatic N) is 1. The molecule has 0 radical (unpaired) electrons. The van der Waals surface area contributed by atoms with E-state index in [1.807, 2.05) is 13.0 Å². The predicted octanol–water partition coefficient (Wildman–Crippen LogP) is 5.02. The van der Waals surface area contributed by atoms with E-state index in [2.05, 4.69) is 0 Å². The van der Waals surface area contributed by atoms with Gasteiger partial charge in [-0.05, 0) is 38.0 Å². The van der Waals surface area contributed by atoms with Crippen LogP contribution < -0.4 is 4.74 Å². The molecule has 0 saturated carbocycles. The lowest BCUT2D eigenvalue weighted by molar-refractivity contribution is -0.384. The third-order valence-electron chi connectivity index (χ3n) is 2.57. The summed E-state index contributed by atoms with van der Waals surface area (Å²) in [6, 6.07) is 5.99. The van der Waals surface area contributed by atoms with Crippen molar-refractivity contribution in [2.45, 2.75) is 19.8 Å². The molecular weight excluding hydrogens is 301 g/mol. The highest BCUT2D eigenvalue weighted by Gasteiger charge is 2.03. The van der Waals surface area contributed by atoms with Crippen molar-refractivity contribution in [3.8, 4) is 5.75 Å². The van der Waals surface area contributed by atoms with Gasteiger partial charge in [0.1, 0.15) is 16.8 Å². The van der Waals surface area contributed by atoms with Gasteiger partial charge in [-0.15, -0.1) is 0 Å². The third kappa shape index (κ3) is 6.59. The van der Waals surface area contributed by atoms with Crippen LogP contribution in [0.25, 0.3) is 0 Å². The highest BCUT2D eigenvalue weighted by Crippen LogP contribution is 2.17. The quantitative estimate of drug-likeness (QED) is 0.403. The summed E-state index contributed by atoms with van der Waals surface area (Å²) in [5.41, 5.74) is 1.21. The van der Waals surface area contributed by atoms with Gasteiger partial charge in [-0.3, -0.25) is 10.1 Å². The van der Waals surface area contributed by atoms with Gasteiger partial charge in [0.05, 0.1) is 4.92 Å². The van der Waals surface area contributed by atoms with Gasteiger partial charge >= 0.3 is 0 Å². The van der Waals surface area contributed by atoms with Crippen LogP contribution in [0.5, 0.6) is 5.75 Å². The summed E-state index contributed by atoms with van der Waals surface area (Å²) in [7, 11) is 0. The van der Waals surface area contributed by atoms with Gasteiger partial charge in [-0.2, -0.15) is 0 Å². The van der Waals surface area contributed by atoms with Crippen LogP contribution in [0.2, 0.25) is 0 Å². The molecule has 0 heterocycles. The van der Waals surface area contributed by atoms with Crippen molar-refractivity contribution in [1.29, 1.82) is 0 Å². The van der Waals surface area contributed by atoms with Crippen LogP contribution in [0.4, 0.5) is 5.69 Å². The van der Waals surface area contributed by atoms with Crippen LogP contribution in [-0.4, -0.2) is 11.5 Å². The molecule has 0 bridgehead atoms. The standard InChI is InChI=1S/C14H15Cl2NO3/c1-11(3-2-4-14(15)16)9-10-20-13-7-5-12(6-8-13)17(18)19/h4-9H,2-3,10H2,1H3/b11-9+.